The highest BCUT2D eigenvalue weighted by Crippen LogP contribution is 2.63. The van der Waals surface area contributed by atoms with Crippen LogP contribution in [0.1, 0.15) is 86.6 Å². The third kappa shape index (κ3) is 5.23. The number of fused-ring (bicyclic) bond motifs is 11. The van der Waals surface area contributed by atoms with E-state index in [1.807, 2.05) is 23.9 Å². The molecule has 5 aromatic rings. The van der Waals surface area contributed by atoms with Crippen molar-refractivity contribution in [2.24, 2.45) is 0 Å². The van der Waals surface area contributed by atoms with Gasteiger partial charge in [-0.15, -0.1) is 0 Å². The average molecular weight is 722 g/mol. The summed E-state index contributed by atoms with van der Waals surface area (Å²) in [6.07, 6.45) is 13.4. The monoisotopic (exact) mass is 721 g/mol. The highest BCUT2D eigenvalue weighted by molar-refractivity contribution is 8.00. The second-order valence-corrected chi connectivity index (χ2v) is 17.5. The molecular formula is C47H47NO4S. The molecule has 3 heterocycles. The van der Waals surface area contributed by atoms with Crippen LogP contribution in [0.2, 0.25) is 0 Å². The highest BCUT2D eigenvalue weighted by Gasteiger charge is 2.48. The van der Waals surface area contributed by atoms with E-state index in [0.717, 1.165) is 72.9 Å². The van der Waals surface area contributed by atoms with Gasteiger partial charge in [0.25, 0.3) is 0 Å². The van der Waals surface area contributed by atoms with Crippen LogP contribution in [-0.4, -0.2) is 38.3 Å². The smallest absolute Gasteiger partial charge is 0.178 e. The number of benzene rings is 5. The lowest BCUT2D eigenvalue weighted by molar-refractivity contribution is 0.122. The normalized spacial score (nSPS) is 22.2. The molecular weight excluding hydrogens is 675 g/mol. The first kappa shape index (κ1) is 33.2. The average Bonchev–Trinajstić information content (AvgIpc) is 3.65. The van der Waals surface area contributed by atoms with Crippen LogP contribution in [0.3, 0.4) is 0 Å². The summed E-state index contributed by atoms with van der Waals surface area (Å²) < 4.78 is 25.6. The molecule has 0 aromatic heterocycles. The van der Waals surface area contributed by atoms with Crippen molar-refractivity contribution >= 4 is 34.3 Å². The lowest BCUT2D eigenvalue weighted by Gasteiger charge is -2.40. The summed E-state index contributed by atoms with van der Waals surface area (Å²) in [5.74, 6) is 2.71. The molecule has 2 aliphatic carbocycles. The molecule has 0 radical (unpaired) electrons. The lowest BCUT2D eigenvalue weighted by atomic mass is 9.67. The van der Waals surface area contributed by atoms with E-state index in [1.165, 1.54) is 75.9 Å². The minimum absolute atomic E-state index is 0.0554. The molecule has 5 nitrogen and oxygen atoms in total. The van der Waals surface area contributed by atoms with Gasteiger partial charge < -0.3 is 23.8 Å². The highest BCUT2D eigenvalue weighted by atomic mass is 32.2. The molecule has 2 fully saturated rings. The van der Waals surface area contributed by atoms with E-state index < -0.39 is 5.60 Å². The summed E-state index contributed by atoms with van der Waals surface area (Å²) in [5, 5.41) is 2.37. The van der Waals surface area contributed by atoms with Gasteiger partial charge in [0.05, 0.1) is 25.2 Å². The number of ether oxygens (including phenoxy) is 4. The summed E-state index contributed by atoms with van der Waals surface area (Å²) in [6, 6.07) is 31.4. The molecule has 5 aromatic carbocycles. The van der Waals surface area contributed by atoms with Crippen molar-refractivity contribution < 1.29 is 18.9 Å². The summed E-state index contributed by atoms with van der Waals surface area (Å²) in [6.45, 7) is 7.63. The van der Waals surface area contributed by atoms with Gasteiger partial charge in [-0.1, -0.05) is 98.5 Å². The van der Waals surface area contributed by atoms with Gasteiger partial charge in [-0.25, -0.2) is 0 Å². The van der Waals surface area contributed by atoms with Crippen molar-refractivity contribution in [3.8, 4) is 28.4 Å². The van der Waals surface area contributed by atoms with E-state index in [9.17, 15) is 0 Å². The number of nitrogens with zero attached hydrogens (tertiary/aromatic N) is 1. The quantitative estimate of drug-likeness (QED) is 0.184. The van der Waals surface area contributed by atoms with Crippen LogP contribution in [0.25, 0.3) is 28.0 Å². The molecule has 0 amide bonds. The first-order valence-electron chi connectivity index (χ1n) is 19.5. The first-order valence-corrected chi connectivity index (χ1v) is 20.3. The molecule has 270 valence electrons. The largest absolute Gasteiger partial charge is 0.497 e. The summed E-state index contributed by atoms with van der Waals surface area (Å²) in [7, 11) is 1.72. The topological polar surface area (TPSA) is 40.2 Å². The van der Waals surface area contributed by atoms with Crippen LogP contribution in [0.5, 0.6) is 17.2 Å². The zero-order valence-corrected chi connectivity index (χ0v) is 31.8. The van der Waals surface area contributed by atoms with Crippen LogP contribution in [0, 0.1) is 0 Å². The Balaban J connectivity index is 1.23. The number of thioether (sulfide) groups is 1. The Kier molecular flexibility index (Phi) is 7.89. The summed E-state index contributed by atoms with van der Waals surface area (Å²) in [5.41, 5.74) is 9.41. The standard InChI is InChI=1S/C47H47NO4S/c1-45(2)51-40-29-38-37(30-41(40)53-45)42-35-11-7-8-12-39(35)46(22-9-5-4-6-10-23-46)43(42)36-21-24-47(52-44(36)38,32-15-19-34(49-3)20-16-32)31-13-17-33(18-14-31)48-25-27-50-28-26-48/h7-8,11-21,24,29-30H,4-6,9-10,22-23,25-28H2,1-3H3. The Morgan fingerprint density at radius 2 is 1.45 bits per heavy atom. The van der Waals surface area contributed by atoms with Gasteiger partial charge in [-0.2, -0.15) is 0 Å². The fourth-order valence-corrected chi connectivity index (χ4v) is 11.0. The zero-order chi connectivity index (χ0) is 35.8. The van der Waals surface area contributed by atoms with Crippen LogP contribution in [0.15, 0.2) is 95.9 Å². The van der Waals surface area contributed by atoms with Crippen LogP contribution in [-0.2, 0) is 15.8 Å². The van der Waals surface area contributed by atoms with Crippen LogP contribution < -0.4 is 19.1 Å². The number of hydrogen-bond donors (Lipinski definition) is 0. The molecule has 0 bridgehead atoms. The maximum Gasteiger partial charge on any atom is 0.178 e. The van der Waals surface area contributed by atoms with E-state index in [-0.39, 0.29) is 10.3 Å². The van der Waals surface area contributed by atoms with E-state index >= 15 is 0 Å². The Labute approximate surface area is 317 Å². The van der Waals surface area contributed by atoms with Gasteiger partial charge in [-0.3, -0.25) is 0 Å². The van der Waals surface area contributed by atoms with Gasteiger partial charge in [0.15, 0.2) is 10.5 Å². The summed E-state index contributed by atoms with van der Waals surface area (Å²) >= 11 is 1.81. The minimum Gasteiger partial charge on any atom is -0.497 e. The molecule has 10 rings (SSSR count). The Bertz CT molecular complexity index is 2240. The zero-order valence-electron chi connectivity index (χ0n) is 31.0. The number of rotatable bonds is 4. The first-order chi connectivity index (χ1) is 25.9. The fraction of sp³-hybridized carbons (Fsp3) is 0.362. The SMILES string of the molecule is COc1ccc(C2(c3ccc(N4CCOCC4)cc3)C=Cc3c4c(c5cc6c(cc5c3O2)OC(C)(C)S6)-c2ccccc2C42CCCCCCC2)cc1. The van der Waals surface area contributed by atoms with Gasteiger partial charge >= 0.3 is 0 Å². The second-order valence-electron chi connectivity index (χ2n) is 15.9. The molecule has 1 saturated carbocycles. The third-order valence-corrected chi connectivity index (χ3v) is 13.5. The molecule has 3 aliphatic heterocycles. The lowest BCUT2D eigenvalue weighted by Crippen LogP contribution is -2.37. The van der Waals surface area contributed by atoms with E-state index in [1.54, 1.807) is 7.11 Å². The van der Waals surface area contributed by atoms with Crippen molar-refractivity contribution in [2.75, 3.05) is 38.3 Å². The van der Waals surface area contributed by atoms with Crippen molar-refractivity contribution in [2.45, 2.75) is 79.6 Å². The van der Waals surface area contributed by atoms with E-state index in [0.29, 0.717) is 0 Å². The number of hydrogen-bond acceptors (Lipinski definition) is 6. The van der Waals surface area contributed by atoms with E-state index in [2.05, 4.69) is 104 Å². The Hall–Kier alpha value is -4.39. The summed E-state index contributed by atoms with van der Waals surface area (Å²) in [4.78, 5) is 3.27. The molecule has 1 saturated heterocycles. The van der Waals surface area contributed by atoms with E-state index in [4.69, 9.17) is 18.9 Å². The molecule has 1 unspecified atom stereocenters. The fourth-order valence-electron chi connectivity index (χ4n) is 9.97. The van der Waals surface area contributed by atoms with Gasteiger partial charge in [0, 0.05) is 46.3 Å². The van der Waals surface area contributed by atoms with Gasteiger partial charge in [-0.05, 0) is 96.8 Å². The third-order valence-electron chi connectivity index (χ3n) is 12.4. The maximum absolute atomic E-state index is 7.77. The Morgan fingerprint density at radius 3 is 2.19 bits per heavy atom. The van der Waals surface area contributed by atoms with Crippen LogP contribution >= 0.6 is 11.8 Å². The predicted octanol–water partition coefficient (Wildman–Crippen LogP) is 11.3. The molecule has 1 atom stereocenters. The molecule has 0 N–H and O–H groups in total. The van der Waals surface area contributed by atoms with Crippen molar-refractivity contribution in [3.05, 3.63) is 119 Å². The number of morpholine rings is 1. The van der Waals surface area contributed by atoms with Crippen molar-refractivity contribution in [1.29, 1.82) is 0 Å². The molecule has 6 heteroatoms. The number of methoxy groups -OCH3 is 1. The molecule has 1 spiro atoms. The molecule has 53 heavy (non-hydrogen) atoms. The molecule has 5 aliphatic rings. The number of anilines is 1. The van der Waals surface area contributed by atoms with Gasteiger partial charge in [0.1, 0.15) is 17.2 Å². The van der Waals surface area contributed by atoms with Gasteiger partial charge in [0.2, 0.25) is 0 Å². The second kappa shape index (κ2) is 12.6. The predicted molar refractivity (Wildman–Crippen MR) is 216 cm³/mol. The minimum atomic E-state index is -0.864. The van der Waals surface area contributed by atoms with Crippen molar-refractivity contribution in [1.82, 2.24) is 0 Å². The maximum atomic E-state index is 7.77. The van der Waals surface area contributed by atoms with Crippen molar-refractivity contribution in [3.63, 3.8) is 0 Å². The van der Waals surface area contributed by atoms with Crippen LogP contribution in [0.4, 0.5) is 5.69 Å². The Morgan fingerprint density at radius 1 is 0.755 bits per heavy atom.